The van der Waals surface area contributed by atoms with Gasteiger partial charge in [-0.05, 0) is 29.7 Å². The molecule has 1 aliphatic heterocycles. The van der Waals surface area contributed by atoms with E-state index in [2.05, 4.69) is 71.7 Å². The molecule has 0 bridgehead atoms. The molecule has 0 aromatic heterocycles. The van der Waals surface area contributed by atoms with Crippen LogP contribution >= 0.6 is 0 Å². The van der Waals surface area contributed by atoms with Crippen molar-refractivity contribution >= 4 is 5.69 Å². The van der Waals surface area contributed by atoms with Gasteiger partial charge in [0, 0.05) is 25.3 Å². The molecule has 2 heteroatoms. The minimum absolute atomic E-state index is 0.428. The zero-order valence-electron chi connectivity index (χ0n) is 12.0. The van der Waals surface area contributed by atoms with Gasteiger partial charge in [-0.15, -0.1) is 0 Å². The maximum Gasteiger partial charge on any atom is 0.0667 e. The smallest absolute Gasteiger partial charge is 0.0667 e. The second kappa shape index (κ2) is 6.10. The SMILES string of the molecule is CCc1ccc(N2CCNCC2c2ccccc2)cc1. The van der Waals surface area contributed by atoms with E-state index in [4.69, 9.17) is 0 Å². The average Bonchev–Trinajstić information content (AvgIpc) is 2.56. The zero-order chi connectivity index (χ0) is 13.8. The standard InChI is InChI=1S/C18H22N2/c1-2-15-8-10-17(11-9-15)20-13-12-19-14-18(20)16-6-4-3-5-7-16/h3-11,18-19H,2,12-14H2,1H3. The van der Waals surface area contributed by atoms with Crippen LogP contribution in [-0.2, 0) is 6.42 Å². The normalized spacial score (nSPS) is 19.1. The molecule has 1 unspecified atom stereocenters. The van der Waals surface area contributed by atoms with Crippen LogP contribution in [0.4, 0.5) is 5.69 Å². The third-order valence-corrected chi connectivity index (χ3v) is 4.10. The lowest BCUT2D eigenvalue weighted by molar-refractivity contribution is 0.490. The lowest BCUT2D eigenvalue weighted by atomic mass is 10.0. The average molecular weight is 266 g/mol. The molecule has 0 spiro atoms. The van der Waals surface area contributed by atoms with Gasteiger partial charge in [0.05, 0.1) is 6.04 Å². The first-order valence-corrected chi connectivity index (χ1v) is 7.49. The Kier molecular flexibility index (Phi) is 4.03. The predicted octanol–water partition coefficient (Wildman–Crippen LogP) is 3.40. The molecule has 3 rings (SSSR count). The maximum atomic E-state index is 3.51. The predicted molar refractivity (Wildman–Crippen MR) is 85.2 cm³/mol. The van der Waals surface area contributed by atoms with E-state index in [0.29, 0.717) is 6.04 Å². The monoisotopic (exact) mass is 266 g/mol. The zero-order valence-corrected chi connectivity index (χ0v) is 12.0. The fraction of sp³-hybridized carbons (Fsp3) is 0.333. The van der Waals surface area contributed by atoms with Gasteiger partial charge in [0.25, 0.3) is 0 Å². The minimum Gasteiger partial charge on any atom is -0.362 e. The molecule has 1 aliphatic rings. The summed E-state index contributed by atoms with van der Waals surface area (Å²) >= 11 is 0. The summed E-state index contributed by atoms with van der Waals surface area (Å²) in [5.41, 5.74) is 4.12. The number of piperazine rings is 1. The van der Waals surface area contributed by atoms with Gasteiger partial charge >= 0.3 is 0 Å². The number of benzene rings is 2. The molecule has 1 heterocycles. The minimum atomic E-state index is 0.428. The summed E-state index contributed by atoms with van der Waals surface area (Å²) in [4.78, 5) is 2.52. The third kappa shape index (κ3) is 2.70. The van der Waals surface area contributed by atoms with Crippen LogP contribution in [0.2, 0.25) is 0 Å². The lowest BCUT2D eigenvalue weighted by Gasteiger charge is -2.38. The summed E-state index contributed by atoms with van der Waals surface area (Å²) in [5.74, 6) is 0. The number of nitrogens with one attached hydrogen (secondary N) is 1. The van der Waals surface area contributed by atoms with Gasteiger partial charge in [0.15, 0.2) is 0 Å². The molecule has 0 aliphatic carbocycles. The summed E-state index contributed by atoms with van der Waals surface area (Å²) in [6, 6.07) is 20.2. The van der Waals surface area contributed by atoms with E-state index in [-0.39, 0.29) is 0 Å². The van der Waals surface area contributed by atoms with Crippen LogP contribution in [0.3, 0.4) is 0 Å². The number of hydrogen-bond donors (Lipinski definition) is 1. The largest absolute Gasteiger partial charge is 0.362 e. The van der Waals surface area contributed by atoms with Crippen molar-refractivity contribution in [3.05, 3.63) is 65.7 Å². The van der Waals surface area contributed by atoms with Crippen LogP contribution < -0.4 is 10.2 Å². The highest BCUT2D eigenvalue weighted by Crippen LogP contribution is 2.28. The summed E-state index contributed by atoms with van der Waals surface area (Å²) in [5, 5.41) is 3.51. The van der Waals surface area contributed by atoms with E-state index < -0.39 is 0 Å². The van der Waals surface area contributed by atoms with E-state index in [9.17, 15) is 0 Å². The molecule has 2 aromatic carbocycles. The van der Waals surface area contributed by atoms with Crippen molar-refractivity contribution in [3.8, 4) is 0 Å². The molecule has 0 saturated carbocycles. The molecule has 0 amide bonds. The van der Waals surface area contributed by atoms with Gasteiger partial charge < -0.3 is 10.2 Å². The molecule has 1 fully saturated rings. The number of nitrogens with zero attached hydrogens (tertiary/aromatic N) is 1. The van der Waals surface area contributed by atoms with Crippen LogP contribution in [0.1, 0.15) is 24.1 Å². The molecule has 2 nitrogen and oxygen atoms in total. The summed E-state index contributed by atoms with van der Waals surface area (Å²) in [6.07, 6.45) is 1.10. The number of hydrogen-bond acceptors (Lipinski definition) is 2. The van der Waals surface area contributed by atoms with E-state index in [1.54, 1.807) is 0 Å². The van der Waals surface area contributed by atoms with Crippen molar-refractivity contribution in [1.29, 1.82) is 0 Å². The molecular formula is C18H22N2. The van der Waals surface area contributed by atoms with Crippen molar-refractivity contribution in [1.82, 2.24) is 5.32 Å². The van der Waals surface area contributed by atoms with Gasteiger partial charge in [-0.25, -0.2) is 0 Å². The van der Waals surface area contributed by atoms with Crippen molar-refractivity contribution in [3.63, 3.8) is 0 Å². The van der Waals surface area contributed by atoms with Crippen LogP contribution in [0.25, 0.3) is 0 Å². The van der Waals surface area contributed by atoms with E-state index in [1.165, 1.54) is 16.8 Å². The fourth-order valence-corrected chi connectivity index (χ4v) is 2.91. The van der Waals surface area contributed by atoms with Crippen LogP contribution in [0.5, 0.6) is 0 Å². The number of aryl methyl sites for hydroxylation is 1. The molecule has 2 aromatic rings. The molecule has 0 radical (unpaired) electrons. The summed E-state index contributed by atoms with van der Waals surface area (Å²) in [7, 11) is 0. The second-order valence-corrected chi connectivity index (χ2v) is 5.34. The van der Waals surface area contributed by atoms with Crippen LogP contribution in [0, 0.1) is 0 Å². The number of anilines is 1. The molecule has 104 valence electrons. The molecule has 1 N–H and O–H groups in total. The number of rotatable bonds is 3. The maximum absolute atomic E-state index is 3.51. The van der Waals surface area contributed by atoms with Gasteiger partial charge in [0.2, 0.25) is 0 Å². The highest BCUT2D eigenvalue weighted by Gasteiger charge is 2.23. The van der Waals surface area contributed by atoms with Crippen molar-refractivity contribution in [2.45, 2.75) is 19.4 Å². The Hall–Kier alpha value is -1.80. The Morgan fingerprint density at radius 2 is 1.80 bits per heavy atom. The quantitative estimate of drug-likeness (QED) is 0.916. The Balaban J connectivity index is 1.88. The van der Waals surface area contributed by atoms with Crippen molar-refractivity contribution in [2.24, 2.45) is 0 Å². The summed E-state index contributed by atoms with van der Waals surface area (Å²) in [6.45, 7) is 5.33. The van der Waals surface area contributed by atoms with E-state index in [1.807, 2.05) is 0 Å². The van der Waals surface area contributed by atoms with E-state index >= 15 is 0 Å². The fourth-order valence-electron chi connectivity index (χ4n) is 2.91. The van der Waals surface area contributed by atoms with Crippen LogP contribution in [0.15, 0.2) is 54.6 Å². The first kappa shape index (κ1) is 13.2. The Bertz CT molecular complexity index is 533. The van der Waals surface area contributed by atoms with Gasteiger partial charge in [-0.3, -0.25) is 0 Å². The molecular weight excluding hydrogens is 244 g/mol. The molecule has 20 heavy (non-hydrogen) atoms. The van der Waals surface area contributed by atoms with E-state index in [0.717, 1.165) is 26.1 Å². The third-order valence-electron chi connectivity index (χ3n) is 4.10. The second-order valence-electron chi connectivity index (χ2n) is 5.34. The van der Waals surface area contributed by atoms with Gasteiger partial charge in [-0.1, -0.05) is 49.4 Å². The Morgan fingerprint density at radius 3 is 2.50 bits per heavy atom. The Labute approximate surface area is 121 Å². The van der Waals surface area contributed by atoms with Gasteiger partial charge in [-0.2, -0.15) is 0 Å². The topological polar surface area (TPSA) is 15.3 Å². The highest BCUT2D eigenvalue weighted by molar-refractivity contribution is 5.50. The molecule has 1 atom stereocenters. The van der Waals surface area contributed by atoms with Crippen LogP contribution in [-0.4, -0.2) is 19.6 Å². The van der Waals surface area contributed by atoms with Gasteiger partial charge in [0.1, 0.15) is 0 Å². The summed E-state index contributed by atoms with van der Waals surface area (Å²) < 4.78 is 0. The Morgan fingerprint density at radius 1 is 1.05 bits per heavy atom. The molecule has 1 saturated heterocycles. The van der Waals surface area contributed by atoms with Crippen molar-refractivity contribution < 1.29 is 0 Å². The lowest BCUT2D eigenvalue weighted by Crippen LogP contribution is -2.46. The van der Waals surface area contributed by atoms with Crippen molar-refractivity contribution in [2.75, 3.05) is 24.5 Å². The first-order valence-electron chi connectivity index (χ1n) is 7.49. The highest BCUT2D eigenvalue weighted by atomic mass is 15.2. The first-order chi connectivity index (χ1) is 9.88.